The molecule has 1 aromatic carbocycles. The molecule has 2 aliphatic rings. The zero-order valence-electron chi connectivity index (χ0n) is 17.4. The monoisotopic (exact) mass is 444 g/mol. The summed E-state index contributed by atoms with van der Waals surface area (Å²) in [7, 11) is -3.86. The van der Waals surface area contributed by atoms with Gasteiger partial charge in [-0.25, -0.2) is 13.4 Å². The van der Waals surface area contributed by atoms with Gasteiger partial charge < -0.3 is 15.4 Å². The summed E-state index contributed by atoms with van der Waals surface area (Å²) in [5, 5.41) is -0.0262. The quantitative estimate of drug-likeness (QED) is 0.743. The Bertz CT molecular complexity index is 1010. The molecular formula is C22H28N4O4S. The minimum atomic E-state index is -3.86. The first-order valence-corrected chi connectivity index (χ1v) is 12.0. The zero-order valence-corrected chi connectivity index (χ0v) is 18.2. The van der Waals surface area contributed by atoms with Gasteiger partial charge in [0, 0.05) is 32.7 Å². The summed E-state index contributed by atoms with van der Waals surface area (Å²) in [4.78, 5) is 19.3. The summed E-state index contributed by atoms with van der Waals surface area (Å²) in [6.07, 6.45) is 0.614. The van der Waals surface area contributed by atoms with Crippen molar-refractivity contribution in [3.05, 3.63) is 59.8 Å². The van der Waals surface area contributed by atoms with Gasteiger partial charge in [0.1, 0.15) is 0 Å². The molecule has 2 aromatic rings. The molecule has 3 heterocycles. The van der Waals surface area contributed by atoms with E-state index in [2.05, 4.69) is 4.98 Å². The predicted molar refractivity (Wildman–Crippen MR) is 116 cm³/mol. The molecule has 2 N–H and O–H groups in total. The SMILES string of the molecule is NCc1cccc(S(=O)(=O)N2CC(C(=O)N3CCOCC3)CC(c3ccccc3)C2)n1. The van der Waals surface area contributed by atoms with Crippen LogP contribution in [0.2, 0.25) is 0 Å². The molecule has 2 aliphatic heterocycles. The van der Waals surface area contributed by atoms with E-state index in [4.69, 9.17) is 10.5 Å². The molecule has 0 saturated carbocycles. The van der Waals surface area contributed by atoms with Crippen molar-refractivity contribution in [1.82, 2.24) is 14.2 Å². The highest BCUT2D eigenvalue weighted by atomic mass is 32.2. The number of morpholine rings is 1. The summed E-state index contributed by atoms with van der Waals surface area (Å²) in [6.45, 7) is 2.73. The largest absolute Gasteiger partial charge is 0.378 e. The van der Waals surface area contributed by atoms with Gasteiger partial charge >= 0.3 is 0 Å². The van der Waals surface area contributed by atoms with Crippen LogP contribution >= 0.6 is 0 Å². The Hall–Kier alpha value is -2.33. The maximum absolute atomic E-state index is 13.5. The van der Waals surface area contributed by atoms with Gasteiger partial charge in [0.05, 0.1) is 24.8 Å². The zero-order chi connectivity index (χ0) is 21.8. The van der Waals surface area contributed by atoms with E-state index in [1.807, 2.05) is 30.3 Å². The molecule has 2 unspecified atom stereocenters. The van der Waals surface area contributed by atoms with Gasteiger partial charge in [0.2, 0.25) is 5.91 Å². The third kappa shape index (κ3) is 4.79. The van der Waals surface area contributed by atoms with Gasteiger partial charge in [0.15, 0.2) is 5.03 Å². The van der Waals surface area contributed by atoms with E-state index in [9.17, 15) is 13.2 Å². The molecule has 1 aromatic heterocycles. The van der Waals surface area contributed by atoms with Gasteiger partial charge in [0.25, 0.3) is 10.0 Å². The van der Waals surface area contributed by atoms with Crippen LogP contribution in [0.25, 0.3) is 0 Å². The van der Waals surface area contributed by atoms with E-state index >= 15 is 0 Å². The molecule has 0 aliphatic carbocycles. The number of aromatic nitrogens is 1. The van der Waals surface area contributed by atoms with E-state index in [0.29, 0.717) is 45.0 Å². The molecule has 2 saturated heterocycles. The molecular weight excluding hydrogens is 416 g/mol. The highest BCUT2D eigenvalue weighted by Gasteiger charge is 2.40. The van der Waals surface area contributed by atoms with Gasteiger partial charge in [-0.2, -0.15) is 4.31 Å². The lowest BCUT2D eigenvalue weighted by Crippen LogP contribution is -2.51. The fourth-order valence-corrected chi connectivity index (χ4v) is 5.79. The average Bonchev–Trinajstić information content (AvgIpc) is 2.84. The minimum Gasteiger partial charge on any atom is -0.378 e. The lowest BCUT2D eigenvalue weighted by Gasteiger charge is -2.39. The van der Waals surface area contributed by atoms with Crippen LogP contribution in [0.1, 0.15) is 23.6 Å². The Kier molecular flexibility index (Phi) is 6.66. The van der Waals surface area contributed by atoms with Gasteiger partial charge in [-0.1, -0.05) is 36.4 Å². The summed E-state index contributed by atoms with van der Waals surface area (Å²) in [6, 6.07) is 14.6. The number of nitrogens with two attached hydrogens (primary N) is 1. The molecule has 0 spiro atoms. The number of sulfonamides is 1. The Labute approximate surface area is 183 Å². The Morgan fingerprint density at radius 1 is 1.06 bits per heavy atom. The van der Waals surface area contributed by atoms with Crippen LogP contribution in [-0.2, 0) is 26.1 Å². The van der Waals surface area contributed by atoms with E-state index in [-0.39, 0.29) is 29.9 Å². The third-order valence-electron chi connectivity index (χ3n) is 5.95. The van der Waals surface area contributed by atoms with Crippen molar-refractivity contribution in [2.24, 2.45) is 11.7 Å². The number of carbonyl (C=O) groups is 1. The average molecular weight is 445 g/mol. The first-order chi connectivity index (χ1) is 15.0. The highest BCUT2D eigenvalue weighted by molar-refractivity contribution is 7.89. The second-order valence-electron chi connectivity index (χ2n) is 7.97. The first kappa shape index (κ1) is 21.9. The summed E-state index contributed by atoms with van der Waals surface area (Å²) in [5.74, 6) is -0.491. The van der Waals surface area contributed by atoms with Gasteiger partial charge in [-0.05, 0) is 30.0 Å². The number of amides is 1. The fourth-order valence-electron chi connectivity index (χ4n) is 4.29. The van der Waals surface area contributed by atoms with Crippen molar-refractivity contribution in [3.8, 4) is 0 Å². The Morgan fingerprint density at radius 2 is 1.81 bits per heavy atom. The molecule has 4 rings (SSSR count). The molecule has 0 bridgehead atoms. The van der Waals surface area contributed by atoms with Gasteiger partial charge in [-0.15, -0.1) is 0 Å². The number of ether oxygens (including phenoxy) is 1. The van der Waals surface area contributed by atoms with Crippen molar-refractivity contribution in [2.75, 3.05) is 39.4 Å². The maximum Gasteiger partial charge on any atom is 0.260 e. The summed E-state index contributed by atoms with van der Waals surface area (Å²) >= 11 is 0. The van der Waals surface area contributed by atoms with Gasteiger partial charge in [-0.3, -0.25) is 4.79 Å². The van der Waals surface area contributed by atoms with Crippen LogP contribution in [0.4, 0.5) is 0 Å². The number of piperidine rings is 1. The second kappa shape index (κ2) is 9.44. The summed E-state index contributed by atoms with van der Waals surface area (Å²) in [5.41, 5.74) is 7.20. The molecule has 9 heteroatoms. The van der Waals surface area contributed by atoms with Crippen LogP contribution in [-0.4, -0.2) is 67.9 Å². The van der Waals surface area contributed by atoms with E-state index in [0.717, 1.165) is 5.56 Å². The predicted octanol–water partition coefficient (Wildman–Crippen LogP) is 1.19. The number of pyridine rings is 1. The molecule has 31 heavy (non-hydrogen) atoms. The maximum atomic E-state index is 13.5. The second-order valence-corrected chi connectivity index (χ2v) is 9.86. The normalized spacial score (nSPS) is 22.9. The molecule has 1 amide bonds. The van der Waals surface area contributed by atoms with Crippen LogP contribution in [0.5, 0.6) is 0 Å². The number of rotatable bonds is 5. The van der Waals surface area contributed by atoms with Crippen molar-refractivity contribution in [1.29, 1.82) is 0 Å². The lowest BCUT2D eigenvalue weighted by molar-refractivity contribution is -0.141. The van der Waals surface area contributed by atoms with Crippen LogP contribution in [0.3, 0.4) is 0 Å². The van der Waals surface area contributed by atoms with Crippen LogP contribution in [0.15, 0.2) is 53.6 Å². The Balaban J connectivity index is 1.64. The number of benzene rings is 1. The molecule has 0 radical (unpaired) electrons. The standard InChI is InChI=1S/C22H28N4O4S/c23-14-20-7-4-8-21(24-20)31(28,29)26-15-18(17-5-2-1-3-6-17)13-19(16-26)22(27)25-9-11-30-12-10-25/h1-8,18-19H,9-16,23H2. The lowest BCUT2D eigenvalue weighted by atomic mass is 9.85. The fraction of sp³-hybridized carbons (Fsp3) is 0.455. The Morgan fingerprint density at radius 3 is 2.52 bits per heavy atom. The third-order valence-corrected chi connectivity index (χ3v) is 7.69. The number of nitrogens with zero attached hydrogens (tertiary/aromatic N) is 3. The van der Waals surface area contributed by atoms with Crippen molar-refractivity contribution in [3.63, 3.8) is 0 Å². The first-order valence-electron chi connectivity index (χ1n) is 10.6. The number of hydrogen-bond donors (Lipinski definition) is 1. The van der Waals surface area contributed by atoms with Crippen molar-refractivity contribution < 1.29 is 17.9 Å². The van der Waals surface area contributed by atoms with Crippen LogP contribution in [0, 0.1) is 5.92 Å². The smallest absolute Gasteiger partial charge is 0.260 e. The highest BCUT2D eigenvalue weighted by Crippen LogP contribution is 2.34. The number of carbonyl (C=O) groups excluding carboxylic acids is 1. The molecule has 2 fully saturated rings. The number of hydrogen-bond acceptors (Lipinski definition) is 6. The topological polar surface area (TPSA) is 106 Å². The van der Waals surface area contributed by atoms with Crippen molar-refractivity contribution >= 4 is 15.9 Å². The molecule has 166 valence electrons. The van der Waals surface area contributed by atoms with E-state index < -0.39 is 15.9 Å². The van der Waals surface area contributed by atoms with Crippen molar-refractivity contribution in [2.45, 2.75) is 23.9 Å². The van der Waals surface area contributed by atoms with Crippen LogP contribution < -0.4 is 5.73 Å². The van der Waals surface area contributed by atoms with E-state index in [1.165, 1.54) is 10.4 Å². The minimum absolute atomic E-state index is 0.00667. The van der Waals surface area contributed by atoms with E-state index in [1.54, 1.807) is 17.0 Å². The molecule has 8 nitrogen and oxygen atoms in total. The summed E-state index contributed by atoms with van der Waals surface area (Å²) < 4.78 is 33.7. The molecule has 2 atom stereocenters.